The minimum Gasteiger partial charge on any atom is -0.497 e. The molecule has 0 aliphatic carbocycles. The number of methoxy groups -OCH3 is 1. The lowest BCUT2D eigenvalue weighted by molar-refractivity contribution is -0.120. The molecule has 31 heavy (non-hydrogen) atoms. The molecule has 0 fully saturated rings. The third kappa shape index (κ3) is 4.57. The van der Waals surface area contributed by atoms with E-state index in [1.54, 1.807) is 7.11 Å². The van der Waals surface area contributed by atoms with Crippen molar-refractivity contribution in [1.29, 1.82) is 5.26 Å². The van der Waals surface area contributed by atoms with Crippen molar-refractivity contribution in [2.75, 3.05) is 12.4 Å². The fraction of sp³-hybridized carbons (Fsp3) is 0.308. The van der Waals surface area contributed by atoms with Gasteiger partial charge >= 0.3 is 0 Å². The Balaban J connectivity index is 1.91. The number of benzene rings is 2. The van der Waals surface area contributed by atoms with Gasteiger partial charge in [0.25, 0.3) is 0 Å². The number of hydrogen-bond donors (Lipinski definition) is 1. The summed E-state index contributed by atoms with van der Waals surface area (Å²) in [5.74, 6) is 7.16. The van der Waals surface area contributed by atoms with Crippen LogP contribution >= 0.6 is 0 Å². The van der Waals surface area contributed by atoms with Crippen molar-refractivity contribution < 1.29 is 9.53 Å². The van der Waals surface area contributed by atoms with E-state index in [9.17, 15) is 10.1 Å². The van der Waals surface area contributed by atoms with Crippen LogP contribution in [0.25, 0.3) is 10.9 Å². The lowest BCUT2D eigenvalue weighted by atomic mass is 10.0. The number of hydrogen-bond acceptors (Lipinski definition) is 3. The average molecular weight is 414 g/mol. The van der Waals surface area contributed by atoms with Gasteiger partial charge in [0.05, 0.1) is 18.2 Å². The van der Waals surface area contributed by atoms with Gasteiger partial charge < -0.3 is 14.6 Å². The summed E-state index contributed by atoms with van der Waals surface area (Å²) in [7, 11) is 1.63. The van der Waals surface area contributed by atoms with Crippen molar-refractivity contribution >= 4 is 22.5 Å². The molecule has 158 valence electrons. The maximum atomic E-state index is 12.3. The minimum atomic E-state index is 0.0264. The molecule has 0 unspecified atom stereocenters. The Labute approximate surface area is 183 Å². The molecule has 1 amide bonds. The van der Waals surface area contributed by atoms with Gasteiger partial charge in [-0.3, -0.25) is 4.79 Å². The highest BCUT2D eigenvalue weighted by Crippen LogP contribution is 2.29. The molecule has 0 aliphatic heterocycles. The fourth-order valence-corrected chi connectivity index (χ4v) is 3.70. The van der Waals surface area contributed by atoms with Crippen molar-refractivity contribution in [2.24, 2.45) is 5.92 Å². The SMILES string of the molecule is CCC(CC)C(=O)Nc1ccc(C#Cc2c(C#N)c3ccc(OC)cc3n2CC)cc1. The van der Waals surface area contributed by atoms with E-state index in [-0.39, 0.29) is 11.8 Å². The first kappa shape index (κ1) is 22.0. The summed E-state index contributed by atoms with van der Waals surface area (Å²) >= 11 is 0. The second-order valence-corrected chi connectivity index (χ2v) is 7.29. The van der Waals surface area contributed by atoms with Crippen LogP contribution in [0.1, 0.15) is 50.4 Å². The Morgan fingerprint density at radius 3 is 2.39 bits per heavy atom. The highest BCUT2D eigenvalue weighted by molar-refractivity contribution is 5.92. The Kier molecular flexibility index (Phi) is 7.00. The van der Waals surface area contributed by atoms with Crippen molar-refractivity contribution in [3.05, 3.63) is 59.3 Å². The molecular formula is C26H27N3O2. The fourth-order valence-electron chi connectivity index (χ4n) is 3.70. The molecule has 1 aromatic heterocycles. The molecule has 2 aromatic carbocycles. The number of aromatic nitrogens is 1. The van der Waals surface area contributed by atoms with Gasteiger partial charge in [0, 0.05) is 35.2 Å². The number of ether oxygens (including phenoxy) is 1. The summed E-state index contributed by atoms with van der Waals surface area (Å²) in [4.78, 5) is 12.3. The average Bonchev–Trinajstić information content (AvgIpc) is 3.10. The molecule has 0 radical (unpaired) electrons. The van der Waals surface area contributed by atoms with Crippen molar-refractivity contribution in [3.63, 3.8) is 0 Å². The number of carbonyl (C=O) groups is 1. The Morgan fingerprint density at radius 2 is 1.81 bits per heavy atom. The van der Waals surface area contributed by atoms with Gasteiger partial charge in [-0.25, -0.2) is 0 Å². The van der Waals surface area contributed by atoms with Gasteiger partial charge in [-0.15, -0.1) is 0 Å². The smallest absolute Gasteiger partial charge is 0.227 e. The van der Waals surface area contributed by atoms with Gasteiger partial charge in [-0.2, -0.15) is 5.26 Å². The molecule has 0 aliphatic rings. The van der Waals surface area contributed by atoms with Crippen LogP contribution in [0.4, 0.5) is 5.69 Å². The predicted octanol–water partition coefficient (Wildman–Crippen LogP) is 5.32. The minimum absolute atomic E-state index is 0.0264. The summed E-state index contributed by atoms with van der Waals surface area (Å²) in [5, 5.41) is 13.6. The third-order valence-electron chi connectivity index (χ3n) is 5.53. The highest BCUT2D eigenvalue weighted by atomic mass is 16.5. The van der Waals surface area contributed by atoms with Crippen LogP contribution in [0.5, 0.6) is 5.75 Å². The molecule has 0 bridgehead atoms. The summed E-state index contributed by atoms with van der Waals surface area (Å²) in [6, 6.07) is 15.5. The quantitative estimate of drug-likeness (QED) is 0.557. The number of anilines is 1. The normalized spacial score (nSPS) is 10.5. The van der Waals surface area contributed by atoms with Crippen LogP contribution in [0.3, 0.4) is 0 Å². The van der Waals surface area contributed by atoms with E-state index in [1.165, 1.54) is 0 Å². The first-order valence-electron chi connectivity index (χ1n) is 10.6. The monoisotopic (exact) mass is 413 g/mol. The van der Waals surface area contributed by atoms with Crippen LogP contribution in [0.15, 0.2) is 42.5 Å². The second-order valence-electron chi connectivity index (χ2n) is 7.29. The highest BCUT2D eigenvalue weighted by Gasteiger charge is 2.16. The van der Waals surface area contributed by atoms with E-state index in [2.05, 4.69) is 23.2 Å². The van der Waals surface area contributed by atoms with E-state index in [1.807, 2.05) is 67.8 Å². The van der Waals surface area contributed by atoms with E-state index in [4.69, 9.17) is 4.74 Å². The molecule has 1 N–H and O–H groups in total. The number of amides is 1. The van der Waals surface area contributed by atoms with Crippen molar-refractivity contribution in [2.45, 2.75) is 40.2 Å². The lowest BCUT2D eigenvalue weighted by Gasteiger charge is -2.12. The zero-order chi connectivity index (χ0) is 22.4. The van der Waals surface area contributed by atoms with Crippen LogP contribution < -0.4 is 10.1 Å². The second kappa shape index (κ2) is 9.87. The largest absolute Gasteiger partial charge is 0.497 e. The van der Waals surface area contributed by atoms with E-state index >= 15 is 0 Å². The third-order valence-corrected chi connectivity index (χ3v) is 5.53. The van der Waals surface area contributed by atoms with Gasteiger partial charge in [-0.05, 0) is 62.1 Å². The number of nitrogens with zero attached hydrogens (tertiary/aromatic N) is 2. The topological polar surface area (TPSA) is 67.1 Å². The Bertz CT molecular complexity index is 1180. The first-order valence-corrected chi connectivity index (χ1v) is 10.6. The maximum absolute atomic E-state index is 12.3. The predicted molar refractivity (Wildman–Crippen MR) is 124 cm³/mol. The molecule has 1 heterocycles. The maximum Gasteiger partial charge on any atom is 0.227 e. The van der Waals surface area contributed by atoms with Crippen LogP contribution in [0, 0.1) is 29.1 Å². The van der Waals surface area contributed by atoms with Gasteiger partial charge in [0.15, 0.2) is 0 Å². The molecular weight excluding hydrogens is 386 g/mol. The molecule has 5 nitrogen and oxygen atoms in total. The molecule has 0 saturated heterocycles. The molecule has 5 heteroatoms. The van der Waals surface area contributed by atoms with Crippen LogP contribution in [0.2, 0.25) is 0 Å². The van der Waals surface area contributed by atoms with Crippen LogP contribution in [-0.2, 0) is 11.3 Å². The molecule has 0 spiro atoms. The zero-order valence-corrected chi connectivity index (χ0v) is 18.5. The summed E-state index contributed by atoms with van der Waals surface area (Å²) < 4.78 is 7.37. The molecule has 0 atom stereocenters. The van der Waals surface area contributed by atoms with E-state index in [0.717, 1.165) is 40.7 Å². The number of fused-ring (bicyclic) bond motifs is 1. The Hall–Kier alpha value is -3.70. The zero-order valence-electron chi connectivity index (χ0n) is 18.5. The number of nitriles is 1. The summed E-state index contributed by atoms with van der Waals surface area (Å²) in [6.07, 6.45) is 1.65. The molecule has 3 aromatic rings. The van der Waals surface area contributed by atoms with Crippen LogP contribution in [-0.4, -0.2) is 17.6 Å². The number of aryl methyl sites for hydroxylation is 1. The Morgan fingerprint density at radius 1 is 1.10 bits per heavy atom. The van der Waals surface area contributed by atoms with Crippen molar-refractivity contribution in [1.82, 2.24) is 4.57 Å². The number of nitrogens with one attached hydrogen (secondary N) is 1. The standard InChI is InChI=1S/C26H27N3O2/c1-5-19(6-2)26(30)28-20-11-8-18(9-12-20)10-15-24-23(17-27)22-14-13-21(31-4)16-25(22)29(24)7-3/h8-9,11-14,16,19H,5-7H2,1-4H3,(H,28,30). The summed E-state index contributed by atoms with van der Waals surface area (Å²) in [5.41, 5.74) is 3.77. The molecule has 0 saturated carbocycles. The van der Waals surface area contributed by atoms with Gasteiger partial charge in [0.1, 0.15) is 17.5 Å². The lowest BCUT2D eigenvalue weighted by Crippen LogP contribution is -2.21. The number of rotatable bonds is 6. The molecule has 3 rings (SSSR count). The van der Waals surface area contributed by atoms with Crippen molar-refractivity contribution in [3.8, 4) is 23.7 Å². The number of carbonyl (C=O) groups excluding carboxylic acids is 1. The van der Waals surface area contributed by atoms with Gasteiger partial charge in [-0.1, -0.05) is 19.8 Å². The van der Waals surface area contributed by atoms with E-state index < -0.39 is 0 Å². The van der Waals surface area contributed by atoms with E-state index in [0.29, 0.717) is 17.8 Å². The summed E-state index contributed by atoms with van der Waals surface area (Å²) in [6.45, 7) is 6.76. The van der Waals surface area contributed by atoms with Gasteiger partial charge in [0.2, 0.25) is 5.91 Å². The first-order chi connectivity index (χ1) is 15.1.